The number of nitrogens with one attached hydrogen (secondary N) is 1. The highest BCUT2D eigenvalue weighted by molar-refractivity contribution is 6.35. The molecule has 0 bridgehead atoms. The second-order valence-corrected chi connectivity index (χ2v) is 4.20. The van der Waals surface area contributed by atoms with Crippen molar-refractivity contribution in [3.05, 3.63) is 54.8 Å². The zero-order valence-corrected chi connectivity index (χ0v) is 10.2. The topological polar surface area (TPSA) is 67.8 Å². The molecule has 1 heterocycles. The predicted octanol–water partition coefficient (Wildman–Crippen LogP) is 1.54. The summed E-state index contributed by atoms with van der Waals surface area (Å²) in [6.07, 6.45) is 0. The first-order chi connectivity index (χ1) is 7.99. The van der Waals surface area contributed by atoms with E-state index in [-0.39, 0.29) is 10.7 Å². The van der Waals surface area contributed by atoms with Crippen molar-refractivity contribution >= 4 is 23.2 Å². The number of hydrogen-bond donors (Lipinski definition) is 1. The predicted molar refractivity (Wildman–Crippen MR) is 65.2 cm³/mol. The molecule has 0 atom stereocenters. The van der Waals surface area contributed by atoms with E-state index in [0.29, 0.717) is 10.7 Å². The number of halogens is 2. The van der Waals surface area contributed by atoms with Crippen LogP contribution in [0.2, 0.25) is 10.0 Å². The summed E-state index contributed by atoms with van der Waals surface area (Å²) in [7, 11) is 0. The summed E-state index contributed by atoms with van der Waals surface area (Å²) in [5.74, 6) is 0. The third kappa shape index (κ3) is 2.25. The molecule has 0 spiro atoms. The molecule has 0 aliphatic rings. The Labute approximate surface area is 106 Å². The molecule has 1 aromatic heterocycles. The van der Waals surface area contributed by atoms with Crippen LogP contribution in [0, 0.1) is 6.92 Å². The van der Waals surface area contributed by atoms with Crippen molar-refractivity contribution < 1.29 is 0 Å². The Hall–Kier alpha value is -1.59. The van der Waals surface area contributed by atoms with Gasteiger partial charge in [-0.05, 0) is 25.1 Å². The molecule has 7 heteroatoms. The molecule has 0 saturated carbocycles. The minimum atomic E-state index is -0.648. The van der Waals surface area contributed by atoms with Crippen LogP contribution in [0.4, 0.5) is 0 Å². The van der Waals surface area contributed by atoms with E-state index >= 15 is 0 Å². The lowest BCUT2D eigenvalue weighted by Crippen LogP contribution is -2.33. The Balaban J connectivity index is 2.73. The van der Waals surface area contributed by atoms with E-state index in [1.807, 2.05) is 0 Å². The first kappa shape index (κ1) is 11.9. The lowest BCUT2D eigenvalue weighted by Gasteiger charge is -2.06. The molecule has 88 valence electrons. The average molecular weight is 272 g/mol. The van der Waals surface area contributed by atoms with Crippen LogP contribution in [-0.4, -0.2) is 14.8 Å². The van der Waals surface area contributed by atoms with Crippen molar-refractivity contribution in [3.8, 4) is 5.69 Å². The molecular weight excluding hydrogens is 265 g/mol. The van der Waals surface area contributed by atoms with E-state index in [0.717, 1.165) is 4.68 Å². The molecule has 2 rings (SSSR count). The lowest BCUT2D eigenvalue weighted by molar-refractivity contribution is 0.728. The van der Waals surface area contributed by atoms with Crippen LogP contribution in [0.25, 0.3) is 5.69 Å². The van der Waals surface area contributed by atoms with Gasteiger partial charge in [0, 0.05) is 5.02 Å². The van der Waals surface area contributed by atoms with Crippen molar-refractivity contribution in [2.24, 2.45) is 0 Å². The third-order valence-electron chi connectivity index (χ3n) is 2.13. The van der Waals surface area contributed by atoms with Gasteiger partial charge in [-0.1, -0.05) is 23.2 Å². The Kier molecular flexibility index (Phi) is 3.04. The number of aryl methyl sites for hydroxylation is 1. The molecule has 1 N–H and O–H groups in total. The smallest absolute Gasteiger partial charge is 0.271 e. The lowest BCUT2D eigenvalue weighted by atomic mass is 10.3. The zero-order valence-electron chi connectivity index (χ0n) is 8.70. The highest BCUT2D eigenvalue weighted by Crippen LogP contribution is 2.22. The normalized spacial score (nSPS) is 10.5. The van der Waals surface area contributed by atoms with E-state index in [1.165, 1.54) is 13.0 Å². The highest BCUT2D eigenvalue weighted by atomic mass is 35.5. The number of nitrogens with zero attached hydrogens (tertiary/aromatic N) is 2. The molecule has 17 heavy (non-hydrogen) atoms. The molecule has 0 fully saturated rings. The van der Waals surface area contributed by atoms with Crippen LogP contribution in [0.3, 0.4) is 0 Å². The van der Waals surface area contributed by atoms with Gasteiger partial charge in [-0.15, -0.1) is 0 Å². The minimum absolute atomic E-state index is 0.176. The molecule has 0 amide bonds. The van der Waals surface area contributed by atoms with Gasteiger partial charge in [0.15, 0.2) is 0 Å². The van der Waals surface area contributed by atoms with Crippen molar-refractivity contribution in [2.45, 2.75) is 6.92 Å². The number of rotatable bonds is 1. The second-order valence-electron chi connectivity index (χ2n) is 3.35. The largest absolute Gasteiger partial charge is 0.349 e. The van der Waals surface area contributed by atoms with Crippen LogP contribution in [-0.2, 0) is 0 Å². The maximum atomic E-state index is 11.6. The van der Waals surface area contributed by atoms with Crippen molar-refractivity contribution in [1.82, 2.24) is 14.8 Å². The fourth-order valence-electron chi connectivity index (χ4n) is 1.30. The van der Waals surface area contributed by atoms with Gasteiger partial charge in [-0.25, -0.2) is 4.79 Å². The van der Waals surface area contributed by atoms with E-state index < -0.39 is 11.2 Å². The van der Waals surface area contributed by atoms with E-state index in [9.17, 15) is 9.59 Å². The zero-order chi connectivity index (χ0) is 12.6. The molecule has 1 aromatic carbocycles. The number of hydrogen-bond acceptors (Lipinski definition) is 3. The van der Waals surface area contributed by atoms with Gasteiger partial charge < -0.3 is 0 Å². The third-order valence-corrected chi connectivity index (χ3v) is 2.67. The summed E-state index contributed by atoms with van der Waals surface area (Å²) in [6, 6.07) is 4.63. The standard InChI is InChI=1S/C10H7Cl2N3O2/c1-5-9(16)13-10(17)15(14-5)8-3-2-6(11)4-7(8)12/h2-4H,1H3,(H,13,16,17). The Morgan fingerprint density at radius 3 is 2.65 bits per heavy atom. The summed E-state index contributed by atoms with van der Waals surface area (Å²) >= 11 is 11.7. The fraction of sp³-hybridized carbons (Fsp3) is 0.100. The summed E-state index contributed by atoms with van der Waals surface area (Å²) in [4.78, 5) is 24.9. The number of aromatic amines is 1. The van der Waals surface area contributed by atoms with Crippen LogP contribution in [0.15, 0.2) is 27.8 Å². The Bertz CT molecular complexity index is 691. The highest BCUT2D eigenvalue weighted by Gasteiger charge is 2.08. The van der Waals surface area contributed by atoms with Crippen molar-refractivity contribution in [3.63, 3.8) is 0 Å². The fourth-order valence-corrected chi connectivity index (χ4v) is 1.79. The quantitative estimate of drug-likeness (QED) is 0.856. The average Bonchev–Trinajstić information content (AvgIpc) is 2.24. The number of H-pyrrole nitrogens is 1. The van der Waals surface area contributed by atoms with Gasteiger partial charge in [0.05, 0.1) is 10.7 Å². The van der Waals surface area contributed by atoms with Gasteiger partial charge in [0.25, 0.3) is 5.56 Å². The maximum Gasteiger partial charge on any atom is 0.349 e. The molecule has 0 aliphatic carbocycles. The summed E-state index contributed by atoms with van der Waals surface area (Å²) in [5, 5.41) is 4.59. The summed E-state index contributed by atoms with van der Waals surface area (Å²) < 4.78 is 1.02. The number of benzene rings is 1. The summed E-state index contributed by atoms with van der Waals surface area (Å²) in [6.45, 7) is 1.50. The van der Waals surface area contributed by atoms with Crippen LogP contribution < -0.4 is 11.2 Å². The van der Waals surface area contributed by atoms with E-state index in [4.69, 9.17) is 23.2 Å². The number of aromatic nitrogens is 3. The first-order valence-corrected chi connectivity index (χ1v) is 5.40. The van der Waals surface area contributed by atoms with Crippen LogP contribution >= 0.6 is 23.2 Å². The van der Waals surface area contributed by atoms with E-state index in [2.05, 4.69) is 10.1 Å². The molecular formula is C10H7Cl2N3O2. The first-order valence-electron chi connectivity index (χ1n) is 4.65. The van der Waals surface area contributed by atoms with Crippen LogP contribution in [0.5, 0.6) is 0 Å². The van der Waals surface area contributed by atoms with Gasteiger partial charge in [0.2, 0.25) is 0 Å². The molecule has 0 aliphatic heterocycles. The van der Waals surface area contributed by atoms with Gasteiger partial charge in [0.1, 0.15) is 5.69 Å². The van der Waals surface area contributed by atoms with Crippen molar-refractivity contribution in [2.75, 3.05) is 0 Å². The second kappa shape index (κ2) is 4.35. The van der Waals surface area contributed by atoms with E-state index in [1.54, 1.807) is 12.1 Å². The van der Waals surface area contributed by atoms with Crippen LogP contribution in [0.1, 0.15) is 5.69 Å². The minimum Gasteiger partial charge on any atom is -0.271 e. The monoisotopic (exact) mass is 271 g/mol. The van der Waals surface area contributed by atoms with Crippen molar-refractivity contribution in [1.29, 1.82) is 0 Å². The van der Waals surface area contributed by atoms with Gasteiger partial charge in [-0.2, -0.15) is 9.78 Å². The molecule has 0 saturated heterocycles. The molecule has 5 nitrogen and oxygen atoms in total. The molecule has 2 aromatic rings. The maximum absolute atomic E-state index is 11.6. The Morgan fingerprint density at radius 1 is 1.29 bits per heavy atom. The summed E-state index contributed by atoms with van der Waals surface area (Å²) in [5.41, 5.74) is -0.628. The Morgan fingerprint density at radius 2 is 2.00 bits per heavy atom. The molecule has 0 unspecified atom stereocenters. The molecule has 0 radical (unpaired) electrons. The van der Waals surface area contributed by atoms with Gasteiger partial charge >= 0.3 is 5.69 Å². The SMILES string of the molecule is Cc1nn(-c2ccc(Cl)cc2Cl)c(=O)[nH]c1=O. The van der Waals surface area contributed by atoms with Gasteiger partial charge in [-0.3, -0.25) is 9.78 Å².